The van der Waals surface area contributed by atoms with Crippen molar-refractivity contribution in [2.24, 2.45) is 11.3 Å². The topological polar surface area (TPSA) is 65.1 Å². The molecule has 1 aliphatic heterocycles. The average molecular weight is 464 g/mol. The van der Waals surface area contributed by atoms with Gasteiger partial charge in [-0.1, -0.05) is 44.2 Å². The van der Waals surface area contributed by atoms with Crippen molar-refractivity contribution < 1.29 is 23.2 Å². The van der Waals surface area contributed by atoms with Gasteiger partial charge in [0.15, 0.2) is 22.4 Å². The van der Waals surface area contributed by atoms with Gasteiger partial charge in [0.25, 0.3) is 0 Å². The molecule has 2 amide bonds. The van der Waals surface area contributed by atoms with Crippen LogP contribution in [0.1, 0.15) is 25.8 Å². The molecule has 1 aromatic rings. The molecular weight excluding hydrogens is 426 g/mol. The molecule has 0 unspecified atom stereocenters. The fourth-order valence-electron chi connectivity index (χ4n) is 4.66. The van der Waals surface area contributed by atoms with Gasteiger partial charge in [-0.2, -0.15) is 0 Å². The Hall–Kier alpha value is -1.49. The number of hydrogen-bond acceptors (Lipinski definition) is 5. The van der Waals surface area contributed by atoms with Gasteiger partial charge in [0.05, 0.1) is 12.0 Å². The second-order valence-electron chi connectivity index (χ2n) is 11.4. The van der Waals surface area contributed by atoms with Gasteiger partial charge in [-0.3, -0.25) is 4.79 Å². The molecule has 0 N–H and O–H groups in total. The Balaban J connectivity index is 1.92. The molecule has 0 spiro atoms. The van der Waals surface area contributed by atoms with E-state index in [0.717, 1.165) is 5.56 Å². The Morgan fingerprint density at radius 3 is 2.10 bits per heavy atom. The van der Waals surface area contributed by atoms with Crippen LogP contribution < -0.4 is 0 Å². The molecule has 1 aliphatic carbocycles. The number of benzene rings is 1. The van der Waals surface area contributed by atoms with E-state index < -0.39 is 34.4 Å². The molecule has 0 aromatic heterocycles. The third kappa shape index (κ3) is 4.97. The predicted octanol–water partition coefficient (Wildman–Crippen LogP) is 5.02. The van der Waals surface area contributed by atoms with Crippen LogP contribution in [0.4, 0.5) is 4.79 Å². The normalized spacial score (nSPS) is 25.2. The van der Waals surface area contributed by atoms with Crippen molar-refractivity contribution in [3.8, 4) is 0 Å². The van der Waals surface area contributed by atoms with E-state index >= 15 is 0 Å². The summed E-state index contributed by atoms with van der Waals surface area (Å²) in [5.41, 5.74) is 0.743. The zero-order valence-corrected chi connectivity index (χ0v) is 22.2. The van der Waals surface area contributed by atoms with Gasteiger partial charge < -0.3 is 13.6 Å². The highest BCUT2D eigenvalue weighted by molar-refractivity contribution is 6.71. The number of nitrogens with zero attached hydrogens (tertiary/aromatic N) is 1. The predicted molar refractivity (Wildman–Crippen MR) is 126 cm³/mol. The van der Waals surface area contributed by atoms with Crippen LogP contribution in [0.15, 0.2) is 30.3 Å². The fraction of sp³-hybridized carbons (Fsp3) is 0.652. The number of amides is 2. The molecule has 2 atom stereocenters. The fourth-order valence-corrected chi connectivity index (χ4v) is 7.48. The van der Waals surface area contributed by atoms with Crippen molar-refractivity contribution in [2.45, 2.75) is 77.8 Å². The minimum atomic E-state index is -2.06. The monoisotopic (exact) mass is 463 g/mol. The van der Waals surface area contributed by atoms with Crippen molar-refractivity contribution in [1.29, 1.82) is 0 Å². The lowest BCUT2D eigenvalue weighted by Crippen LogP contribution is -2.73. The zero-order chi connectivity index (χ0) is 23.2. The SMILES string of the molecule is CC1(C)C[C@@H](C(=O)N2C(=O)OC[C@@H]2Cc2ccccc2)C1(O[Si](C)(C)C)O[Si](C)(C)C. The largest absolute Gasteiger partial charge is 0.447 e. The average Bonchev–Trinajstić information content (AvgIpc) is 2.97. The molecule has 0 bridgehead atoms. The van der Waals surface area contributed by atoms with Crippen molar-refractivity contribution >= 4 is 28.6 Å². The first-order chi connectivity index (χ1) is 14.2. The lowest BCUT2D eigenvalue weighted by molar-refractivity contribution is -0.300. The maximum atomic E-state index is 13.8. The first kappa shape index (κ1) is 24.2. The summed E-state index contributed by atoms with van der Waals surface area (Å²) in [6.07, 6.45) is 0.624. The third-order valence-corrected chi connectivity index (χ3v) is 7.67. The van der Waals surface area contributed by atoms with Crippen molar-refractivity contribution in [1.82, 2.24) is 4.90 Å². The van der Waals surface area contributed by atoms with E-state index in [9.17, 15) is 9.59 Å². The molecule has 31 heavy (non-hydrogen) atoms. The number of carbonyl (C=O) groups is 2. The van der Waals surface area contributed by atoms with E-state index in [1.807, 2.05) is 30.3 Å². The lowest BCUT2D eigenvalue weighted by atomic mass is 9.58. The maximum Gasteiger partial charge on any atom is 0.416 e. The second-order valence-corrected chi connectivity index (χ2v) is 20.2. The summed E-state index contributed by atoms with van der Waals surface area (Å²) in [6.45, 7) is 17.1. The molecule has 172 valence electrons. The Bertz CT molecular complexity index is 813. The van der Waals surface area contributed by atoms with Crippen molar-refractivity contribution in [3.05, 3.63) is 35.9 Å². The van der Waals surface area contributed by atoms with E-state index in [1.54, 1.807) is 0 Å². The molecular formula is C23H37NO5Si2. The summed E-state index contributed by atoms with van der Waals surface area (Å²) >= 11 is 0. The van der Waals surface area contributed by atoms with E-state index in [0.29, 0.717) is 12.8 Å². The third-order valence-electron chi connectivity index (χ3n) is 5.84. The molecule has 8 heteroatoms. The smallest absolute Gasteiger partial charge is 0.416 e. The van der Waals surface area contributed by atoms with Crippen LogP contribution in [0.2, 0.25) is 39.3 Å². The van der Waals surface area contributed by atoms with Gasteiger partial charge in [-0.25, -0.2) is 9.69 Å². The highest BCUT2D eigenvalue weighted by Crippen LogP contribution is 2.59. The van der Waals surface area contributed by atoms with Crippen LogP contribution in [0, 0.1) is 11.3 Å². The van der Waals surface area contributed by atoms with Gasteiger partial charge in [0.1, 0.15) is 6.61 Å². The molecule has 1 aromatic carbocycles. The van der Waals surface area contributed by atoms with E-state index in [-0.39, 0.29) is 24.0 Å². The Kier molecular flexibility index (Phi) is 6.34. The van der Waals surface area contributed by atoms with E-state index in [2.05, 4.69) is 53.1 Å². The minimum Gasteiger partial charge on any atom is -0.447 e. The number of imide groups is 1. The summed E-state index contributed by atoms with van der Waals surface area (Å²) < 4.78 is 18.7. The molecule has 0 radical (unpaired) electrons. The Labute approximate surface area is 188 Å². The summed E-state index contributed by atoms with van der Waals surface area (Å²) in [4.78, 5) is 27.8. The van der Waals surface area contributed by atoms with Crippen LogP contribution >= 0.6 is 0 Å². The lowest BCUT2D eigenvalue weighted by Gasteiger charge is -2.63. The van der Waals surface area contributed by atoms with Crippen LogP contribution in [-0.2, 0) is 24.8 Å². The number of rotatable bonds is 7. The van der Waals surface area contributed by atoms with Crippen LogP contribution in [-0.4, -0.2) is 52.0 Å². The summed E-state index contributed by atoms with van der Waals surface area (Å²) in [7, 11) is -4.13. The second kappa shape index (κ2) is 8.13. The first-order valence-electron chi connectivity index (χ1n) is 11.1. The number of ether oxygens (including phenoxy) is 1. The van der Waals surface area contributed by atoms with E-state index in [4.69, 9.17) is 13.6 Å². The molecule has 2 aliphatic rings. The summed E-state index contributed by atoms with van der Waals surface area (Å²) in [5.74, 6) is -1.77. The first-order valence-corrected chi connectivity index (χ1v) is 17.9. The molecule has 6 nitrogen and oxygen atoms in total. The molecule has 2 fully saturated rings. The van der Waals surface area contributed by atoms with Crippen molar-refractivity contribution in [3.63, 3.8) is 0 Å². The maximum absolute atomic E-state index is 13.8. The zero-order valence-electron chi connectivity index (χ0n) is 20.2. The van der Waals surface area contributed by atoms with Gasteiger partial charge in [-0.05, 0) is 57.7 Å². The Morgan fingerprint density at radius 1 is 1.06 bits per heavy atom. The number of cyclic esters (lactones) is 1. The highest BCUT2D eigenvalue weighted by atomic mass is 28.4. The molecule has 3 rings (SSSR count). The molecule has 1 saturated heterocycles. The summed E-state index contributed by atoms with van der Waals surface area (Å²) in [6, 6.07) is 9.57. The van der Waals surface area contributed by atoms with Crippen LogP contribution in [0.25, 0.3) is 0 Å². The summed E-state index contributed by atoms with van der Waals surface area (Å²) in [5, 5.41) is 0. The van der Waals surface area contributed by atoms with Gasteiger partial charge in [-0.15, -0.1) is 0 Å². The van der Waals surface area contributed by atoms with Gasteiger partial charge in [0, 0.05) is 5.41 Å². The van der Waals surface area contributed by atoms with Crippen molar-refractivity contribution in [2.75, 3.05) is 6.61 Å². The van der Waals surface area contributed by atoms with Crippen LogP contribution in [0.3, 0.4) is 0 Å². The quantitative estimate of drug-likeness (QED) is 0.419. The molecule has 1 heterocycles. The van der Waals surface area contributed by atoms with Crippen LogP contribution in [0.5, 0.6) is 0 Å². The standard InChI is InChI=1S/C23H37NO5Si2/c1-22(2)15-19(23(22,28-30(3,4)5)29-31(6,7)8)20(25)24-18(16-27-21(24)26)14-17-12-10-9-11-13-17/h9-13,18-19H,14-16H2,1-8H3/t18-,19-/m0/s1. The van der Waals surface area contributed by atoms with Gasteiger partial charge >= 0.3 is 6.09 Å². The number of carbonyl (C=O) groups excluding carboxylic acids is 2. The van der Waals surface area contributed by atoms with Gasteiger partial charge in [0.2, 0.25) is 5.91 Å². The Morgan fingerprint density at radius 2 is 1.61 bits per heavy atom. The highest BCUT2D eigenvalue weighted by Gasteiger charge is 2.69. The molecule has 1 saturated carbocycles. The number of hydrogen-bond donors (Lipinski definition) is 0. The minimum absolute atomic E-state index is 0.215. The van der Waals surface area contributed by atoms with E-state index in [1.165, 1.54) is 4.90 Å².